The van der Waals surface area contributed by atoms with Crippen molar-refractivity contribution < 1.29 is 19.1 Å². The van der Waals surface area contributed by atoms with E-state index in [-0.39, 0.29) is 29.9 Å². The average Bonchev–Trinajstić information content (AvgIpc) is 3.19. The van der Waals surface area contributed by atoms with Gasteiger partial charge in [0.25, 0.3) is 5.91 Å². The van der Waals surface area contributed by atoms with Crippen LogP contribution in [0.2, 0.25) is 5.02 Å². The number of nitrogens with zero attached hydrogens (tertiary/aromatic N) is 3. The molecule has 2 aromatic rings. The number of ether oxygens (including phenoxy) is 1. The average molecular weight is 461 g/mol. The number of aryl methyl sites for hydroxylation is 1. The van der Waals surface area contributed by atoms with Crippen LogP contribution < -0.4 is 10.2 Å². The lowest BCUT2D eigenvalue weighted by molar-refractivity contribution is -0.127. The number of hydrogen-bond donors (Lipinski definition) is 1. The summed E-state index contributed by atoms with van der Waals surface area (Å²) in [6, 6.07) is 6.61. The van der Waals surface area contributed by atoms with E-state index < -0.39 is 17.4 Å². The van der Waals surface area contributed by atoms with E-state index in [1.54, 1.807) is 25.1 Å². The lowest BCUT2D eigenvalue weighted by Gasteiger charge is -2.44. The van der Waals surface area contributed by atoms with E-state index in [9.17, 15) is 14.4 Å². The number of hydrogen-bond acceptors (Lipinski definition) is 5. The molecule has 0 radical (unpaired) electrons. The Morgan fingerprint density at radius 1 is 1.31 bits per heavy atom. The summed E-state index contributed by atoms with van der Waals surface area (Å²) in [5.74, 6) is -1.37. The fourth-order valence-electron chi connectivity index (χ4n) is 4.05. The van der Waals surface area contributed by atoms with Crippen molar-refractivity contribution in [3.8, 4) is 0 Å². The number of nitrogens with one attached hydrogen (secondary N) is 1. The molecule has 1 N–H and O–H groups in total. The van der Waals surface area contributed by atoms with Crippen molar-refractivity contribution in [2.75, 3.05) is 12.0 Å². The maximum Gasteiger partial charge on any atom is 0.358 e. The molecule has 0 saturated heterocycles. The van der Waals surface area contributed by atoms with Crippen molar-refractivity contribution in [2.45, 2.75) is 65.1 Å². The van der Waals surface area contributed by atoms with Gasteiger partial charge in [-0.2, -0.15) is 5.10 Å². The van der Waals surface area contributed by atoms with Gasteiger partial charge in [-0.05, 0) is 44.4 Å². The zero-order chi connectivity index (χ0) is 23.6. The Labute approximate surface area is 192 Å². The van der Waals surface area contributed by atoms with Gasteiger partial charge in [0, 0.05) is 22.8 Å². The Balaban J connectivity index is 2.14. The molecule has 0 bridgehead atoms. The third kappa shape index (κ3) is 4.24. The zero-order valence-corrected chi connectivity index (χ0v) is 19.8. The molecule has 0 saturated carbocycles. The molecule has 9 heteroatoms. The van der Waals surface area contributed by atoms with Crippen molar-refractivity contribution in [1.29, 1.82) is 0 Å². The van der Waals surface area contributed by atoms with Crippen LogP contribution >= 0.6 is 11.6 Å². The maximum atomic E-state index is 13.7. The second-order valence-electron chi connectivity index (χ2n) is 8.28. The Morgan fingerprint density at radius 3 is 2.66 bits per heavy atom. The van der Waals surface area contributed by atoms with Gasteiger partial charge in [0.15, 0.2) is 5.69 Å². The van der Waals surface area contributed by atoms with E-state index in [1.807, 2.05) is 13.8 Å². The Kier molecular flexibility index (Phi) is 6.93. The molecular weight excluding hydrogens is 432 g/mol. The minimum atomic E-state index is -1.29. The predicted molar refractivity (Wildman–Crippen MR) is 122 cm³/mol. The van der Waals surface area contributed by atoms with Crippen molar-refractivity contribution in [2.24, 2.45) is 0 Å². The summed E-state index contributed by atoms with van der Waals surface area (Å²) in [7, 11) is 1.25. The van der Waals surface area contributed by atoms with E-state index in [1.165, 1.54) is 22.8 Å². The van der Waals surface area contributed by atoms with Crippen molar-refractivity contribution in [1.82, 2.24) is 15.1 Å². The summed E-state index contributed by atoms with van der Waals surface area (Å²) in [5, 5.41) is 7.80. The van der Waals surface area contributed by atoms with Crippen molar-refractivity contribution in [3.05, 3.63) is 46.2 Å². The normalized spacial score (nSPS) is 18.8. The highest BCUT2D eigenvalue weighted by molar-refractivity contribution is 6.31. The molecule has 32 heavy (non-hydrogen) atoms. The number of aromatic nitrogens is 2. The summed E-state index contributed by atoms with van der Waals surface area (Å²) in [6.45, 7) is 7.72. The molecule has 2 amide bonds. The van der Waals surface area contributed by atoms with Crippen LogP contribution in [0.15, 0.2) is 24.3 Å². The van der Waals surface area contributed by atoms with Crippen LogP contribution in [0.4, 0.5) is 5.69 Å². The molecule has 1 aromatic heterocycles. The molecule has 1 aliphatic heterocycles. The van der Waals surface area contributed by atoms with Crippen LogP contribution in [0.25, 0.3) is 0 Å². The molecule has 1 aromatic carbocycles. The van der Waals surface area contributed by atoms with Gasteiger partial charge >= 0.3 is 5.97 Å². The van der Waals surface area contributed by atoms with E-state index in [0.717, 1.165) is 24.8 Å². The van der Waals surface area contributed by atoms with Crippen molar-refractivity contribution in [3.63, 3.8) is 0 Å². The molecular formula is C23H29ClN4O4. The van der Waals surface area contributed by atoms with Crippen LogP contribution in [0, 0.1) is 6.92 Å². The van der Waals surface area contributed by atoms with Gasteiger partial charge in [0.2, 0.25) is 5.91 Å². The molecule has 2 atom stereocenters. The third-order valence-electron chi connectivity index (χ3n) is 5.91. The number of carbonyl (C=O) groups is 3. The van der Waals surface area contributed by atoms with Gasteiger partial charge in [0.1, 0.15) is 11.2 Å². The third-order valence-corrected chi connectivity index (χ3v) is 6.15. The lowest BCUT2D eigenvalue weighted by Crippen LogP contribution is -2.65. The standard InChI is InChI=1S/C23H29ClN4O4/c1-6-8-16(7-2)25-22(31)23(4)13-27-19(12-17(26-27)21(30)32-5)20(29)28(23)18-11-15(24)10-9-14(18)3/h9-12,16H,6-8,13H2,1-5H3,(H,25,31). The van der Waals surface area contributed by atoms with Gasteiger partial charge < -0.3 is 10.1 Å². The first-order valence-electron chi connectivity index (χ1n) is 10.7. The Bertz CT molecular complexity index is 1050. The van der Waals surface area contributed by atoms with Gasteiger partial charge in [-0.25, -0.2) is 4.79 Å². The number of carbonyl (C=O) groups excluding carboxylic acids is 3. The number of esters is 1. The fourth-order valence-corrected chi connectivity index (χ4v) is 4.22. The first kappa shape index (κ1) is 23.8. The molecule has 0 aliphatic carbocycles. The van der Waals surface area contributed by atoms with E-state index in [0.29, 0.717) is 10.7 Å². The number of benzene rings is 1. The molecule has 0 spiro atoms. The van der Waals surface area contributed by atoms with Crippen LogP contribution in [0.5, 0.6) is 0 Å². The molecule has 0 fully saturated rings. The SMILES string of the molecule is CCCC(CC)NC(=O)C1(C)Cn2nc(C(=O)OC)cc2C(=O)N1c1cc(Cl)ccc1C. The van der Waals surface area contributed by atoms with Gasteiger partial charge in [-0.1, -0.05) is 37.9 Å². The van der Waals surface area contributed by atoms with E-state index >= 15 is 0 Å². The van der Waals surface area contributed by atoms with Gasteiger partial charge in [0.05, 0.1) is 13.7 Å². The largest absolute Gasteiger partial charge is 0.464 e. The van der Waals surface area contributed by atoms with Crippen LogP contribution in [-0.2, 0) is 16.1 Å². The first-order valence-corrected chi connectivity index (χ1v) is 11.1. The fraction of sp³-hybridized carbons (Fsp3) is 0.478. The lowest BCUT2D eigenvalue weighted by atomic mass is 9.92. The number of anilines is 1. The number of methoxy groups -OCH3 is 1. The first-order chi connectivity index (χ1) is 15.2. The zero-order valence-electron chi connectivity index (χ0n) is 19.1. The maximum absolute atomic E-state index is 13.7. The predicted octanol–water partition coefficient (Wildman–Crippen LogP) is 3.75. The minimum absolute atomic E-state index is 0.00798. The Morgan fingerprint density at radius 2 is 2.03 bits per heavy atom. The highest BCUT2D eigenvalue weighted by Crippen LogP contribution is 2.36. The minimum Gasteiger partial charge on any atom is -0.464 e. The van der Waals surface area contributed by atoms with Crippen LogP contribution in [0.1, 0.15) is 66.6 Å². The smallest absolute Gasteiger partial charge is 0.358 e. The number of rotatable bonds is 7. The highest BCUT2D eigenvalue weighted by Gasteiger charge is 2.49. The summed E-state index contributed by atoms with van der Waals surface area (Å²) in [6.07, 6.45) is 2.54. The van der Waals surface area contributed by atoms with Crippen LogP contribution in [0.3, 0.4) is 0 Å². The van der Waals surface area contributed by atoms with Gasteiger partial charge in [-0.3, -0.25) is 19.2 Å². The second kappa shape index (κ2) is 9.32. The van der Waals surface area contributed by atoms with Crippen LogP contribution in [-0.4, -0.2) is 46.3 Å². The second-order valence-corrected chi connectivity index (χ2v) is 8.71. The molecule has 8 nitrogen and oxygen atoms in total. The molecule has 2 unspecified atom stereocenters. The molecule has 3 rings (SSSR count). The van der Waals surface area contributed by atoms with E-state index in [4.69, 9.17) is 16.3 Å². The Hall–Kier alpha value is -2.87. The summed E-state index contributed by atoms with van der Waals surface area (Å²) < 4.78 is 6.16. The topological polar surface area (TPSA) is 93.5 Å². The highest BCUT2D eigenvalue weighted by atomic mass is 35.5. The molecule has 2 heterocycles. The van der Waals surface area contributed by atoms with Crippen molar-refractivity contribution >= 4 is 35.1 Å². The number of fused-ring (bicyclic) bond motifs is 1. The summed E-state index contributed by atoms with van der Waals surface area (Å²) in [5.41, 5.74) is 0.260. The quantitative estimate of drug-likeness (QED) is 0.635. The summed E-state index contributed by atoms with van der Waals surface area (Å²) >= 11 is 6.25. The van der Waals surface area contributed by atoms with E-state index in [2.05, 4.69) is 17.3 Å². The molecule has 172 valence electrons. The van der Waals surface area contributed by atoms with Gasteiger partial charge in [-0.15, -0.1) is 0 Å². The number of halogens is 1. The molecule has 1 aliphatic rings. The monoisotopic (exact) mass is 460 g/mol. The summed E-state index contributed by atoms with van der Waals surface area (Å²) in [4.78, 5) is 40.8. The number of amides is 2.